The fourth-order valence-electron chi connectivity index (χ4n) is 6.96. The molecule has 10 heteroatoms. The van der Waals surface area contributed by atoms with Gasteiger partial charge in [0.15, 0.2) is 21.4 Å². The Hall–Kier alpha value is -2.49. The fourth-order valence-corrected chi connectivity index (χ4v) is 30.9. The van der Waals surface area contributed by atoms with Gasteiger partial charge in [0.25, 0.3) is 0 Å². The molecule has 0 saturated heterocycles. The molecular formula is C45H45AsCl2O3P3Zr. The molecule has 0 aliphatic carbocycles. The van der Waals surface area contributed by atoms with Gasteiger partial charge in [-0.05, 0) is 0 Å². The Morgan fingerprint density at radius 3 is 0.655 bits per heavy atom. The van der Waals surface area contributed by atoms with Gasteiger partial charge in [-0.15, -0.1) is 24.8 Å². The van der Waals surface area contributed by atoms with Gasteiger partial charge in [0, 0.05) is 31.8 Å². The number of rotatable bonds is 9. The van der Waals surface area contributed by atoms with Crippen LogP contribution in [-0.2, 0) is 35.8 Å². The largest absolute Gasteiger partial charge is 0.312 e. The van der Waals surface area contributed by atoms with Crippen LogP contribution in [0.3, 0.4) is 0 Å². The van der Waals surface area contributed by atoms with E-state index in [0.29, 0.717) is 31.8 Å². The zero-order chi connectivity index (χ0) is 37.6. The Balaban J connectivity index is 0.000000490. The summed E-state index contributed by atoms with van der Waals surface area (Å²) in [5, 5.41) is 1.80. The number of allylic oxidation sites excluding steroid dienone is 4. The first-order valence-corrected chi connectivity index (χ1v) is 31.4. The van der Waals surface area contributed by atoms with Gasteiger partial charge in [-0.1, -0.05) is 182 Å². The molecule has 0 bridgehead atoms. The minimum atomic E-state index is -3.97. The number of benzene rings is 6. The van der Waals surface area contributed by atoms with E-state index in [9.17, 15) is 0 Å². The van der Waals surface area contributed by atoms with Crippen LogP contribution in [0.5, 0.6) is 0 Å². The summed E-state index contributed by atoms with van der Waals surface area (Å²) in [6.45, 7) is 9.19. The maximum Gasteiger partial charge on any atom is 0.161 e. The standard InChI is InChI=1S/C37H31O3P3.C8H12As.2ClH.Zr/c38-41(31-19-7-1-8-20-31,32-21-9-2-10-22-32)37(42(39,33-23-11-3-12-24-33)34-25-13-4-14-26-34)43(40,35-27-15-5-16-28-35)36-29-17-6-18-30-36;1-5-6(2)8(4)9-7(5)3;;;/h1-30,37H;1-4H3;2*1H;/q;-1;;;+1. The Kier molecular flexibility index (Phi) is 16.3. The molecular weight excluding hydrogens is 918 g/mol. The van der Waals surface area contributed by atoms with E-state index in [4.69, 9.17) is 0 Å². The second kappa shape index (κ2) is 19.8. The molecule has 0 spiro atoms. The van der Waals surface area contributed by atoms with E-state index in [-0.39, 0.29) is 24.8 Å². The second-order valence-electron chi connectivity index (χ2n) is 13.1. The molecule has 55 heavy (non-hydrogen) atoms. The van der Waals surface area contributed by atoms with Gasteiger partial charge >= 0.3 is 80.5 Å². The monoisotopic (exact) mass is 961 g/mol. The predicted octanol–water partition coefficient (Wildman–Crippen LogP) is 10.4. The van der Waals surface area contributed by atoms with Crippen LogP contribution in [0.2, 0.25) is 0 Å². The van der Waals surface area contributed by atoms with E-state index in [1.807, 2.05) is 182 Å². The van der Waals surface area contributed by atoms with Crippen LogP contribution in [0.15, 0.2) is 202 Å². The number of hydrogen-bond acceptors (Lipinski definition) is 3. The van der Waals surface area contributed by atoms with E-state index < -0.39 is 37.4 Å². The summed E-state index contributed by atoms with van der Waals surface area (Å²) in [5.41, 5.74) is 3.18. The van der Waals surface area contributed by atoms with Gasteiger partial charge in [-0.3, -0.25) is 0 Å². The van der Waals surface area contributed by atoms with Gasteiger partial charge in [0.05, 0.1) is 0 Å². The summed E-state index contributed by atoms with van der Waals surface area (Å²) < 4.78 is 53.1. The first-order valence-electron chi connectivity index (χ1n) is 17.5. The van der Waals surface area contributed by atoms with Crippen molar-refractivity contribution >= 4 is 88.9 Å². The van der Waals surface area contributed by atoms with Crippen molar-refractivity contribution in [1.29, 1.82) is 0 Å². The third kappa shape index (κ3) is 8.84. The van der Waals surface area contributed by atoms with Crippen molar-refractivity contribution < 1.29 is 35.8 Å². The SMILES string of the molecule is CC1=C(C)[As]([Zr])C(C)=C1C.Cl.Cl.O=P(c1ccccc1)(c1ccccc1)C(P(=O)(c1ccccc1)c1ccccc1)P(=O)(c1ccccc1)c1ccccc1. The Labute approximate surface area is 356 Å². The molecule has 1 heterocycles. The van der Waals surface area contributed by atoms with Crippen LogP contribution in [-0.4, -0.2) is 16.0 Å². The molecule has 1 aliphatic heterocycles. The summed E-state index contributed by atoms with van der Waals surface area (Å²) >= 11 is 1.78. The molecule has 1 aliphatic rings. The molecule has 0 unspecified atom stereocenters. The van der Waals surface area contributed by atoms with E-state index in [2.05, 4.69) is 27.7 Å². The van der Waals surface area contributed by atoms with Gasteiger partial charge in [0.1, 0.15) is 5.14 Å². The van der Waals surface area contributed by atoms with Gasteiger partial charge in [0.2, 0.25) is 0 Å². The van der Waals surface area contributed by atoms with Crippen LogP contribution >= 0.6 is 46.2 Å². The summed E-state index contributed by atoms with van der Waals surface area (Å²) in [6.07, 6.45) is 0. The van der Waals surface area contributed by atoms with Crippen LogP contribution < -0.4 is 31.8 Å². The van der Waals surface area contributed by atoms with Crippen molar-refractivity contribution in [3.05, 3.63) is 202 Å². The third-order valence-electron chi connectivity index (χ3n) is 10.1. The maximum absolute atomic E-state index is 16.6. The molecule has 0 fully saturated rings. The Bertz CT molecular complexity index is 2000. The van der Waals surface area contributed by atoms with Crippen molar-refractivity contribution in [3.8, 4) is 0 Å². The van der Waals surface area contributed by atoms with E-state index >= 15 is 13.7 Å². The zero-order valence-electron chi connectivity index (χ0n) is 31.2. The summed E-state index contributed by atoms with van der Waals surface area (Å²) in [4.78, 5) is 0. The molecule has 0 aromatic heterocycles. The van der Waals surface area contributed by atoms with Crippen LogP contribution in [0.4, 0.5) is 0 Å². The first kappa shape index (κ1) is 45.2. The average Bonchev–Trinajstić information content (AvgIpc) is 3.39. The molecule has 7 rings (SSSR count). The van der Waals surface area contributed by atoms with E-state index in [0.717, 1.165) is 0 Å². The topological polar surface area (TPSA) is 51.2 Å². The molecule has 0 N–H and O–H groups in total. The summed E-state index contributed by atoms with van der Waals surface area (Å²) in [7, 11) is -12.5. The molecule has 3 nitrogen and oxygen atoms in total. The Morgan fingerprint density at radius 2 is 0.527 bits per heavy atom. The van der Waals surface area contributed by atoms with Crippen molar-refractivity contribution in [1.82, 2.24) is 0 Å². The summed E-state index contributed by atoms with van der Waals surface area (Å²) in [6, 6.07) is 55.2. The van der Waals surface area contributed by atoms with Crippen LogP contribution in [0, 0.1) is 0 Å². The normalized spacial score (nSPS) is 13.4. The zero-order valence-corrected chi connectivity index (χ0v) is 39.9. The minimum absolute atomic E-state index is 0. The molecule has 0 saturated carbocycles. The molecule has 0 radical (unpaired) electrons. The quantitative estimate of drug-likeness (QED) is 0.107. The summed E-state index contributed by atoms with van der Waals surface area (Å²) in [5.74, 6) is 0. The number of halogens is 2. The van der Waals surface area contributed by atoms with Crippen molar-refractivity contribution in [3.63, 3.8) is 0 Å². The smallest absolute Gasteiger partial charge is 0.161 e. The van der Waals surface area contributed by atoms with Crippen molar-refractivity contribution in [2.24, 2.45) is 0 Å². The number of hydrogen-bond donors (Lipinski definition) is 0. The molecule has 6 aromatic carbocycles. The fraction of sp³-hybridized carbons (Fsp3) is 0.111. The second-order valence-corrected chi connectivity index (χ2v) is 32.8. The van der Waals surface area contributed by atoms with Gasteiger partial charge in [-0.25, -0.2) is 0 Å². The molecule has 0 atom stereocenters. The van der Waals surface area contributed by atoms with Crippen molar-refractivity contribution in [2.75, 3.05) is 0 Å². The Morgan fingerprint density at radius 1 is 0.364 bits per heavy atom. The predicted molar refractivity (Wildman–Crippen MR) is 240 cm³/mol. The van der Waals surface area contributed by atoms with E-state index in [1.54, 1.807) is 42.0 Å². The molecule has 0 amide bonds. The van der Waals surface area contributed by atoms with E-state index in [1.165, 1.54) is 0 Å². The first-order chi connectivity index (χ1) is 25.6. The molecule has 6 aromatic rings. The average molecular weight is 964 g/mol. The maximum atomic E-state index is 16.6. The van der Waals surface area contributed by atoms with Crippen molar-refractivity contribution in [2.45, 2.75) is 32.8 Å². The van der Waals surface area contributed by atoms with Crippen LogP contribution in [0.25, 0.3) is 0 Å². The van der Waals surface area contributed by atoms with Gasteiger partial charge in [-0.2, -0.15) is 0 Å². The third-order valence-corrected chi connectivity index (χ3v) is 37.1. The van der Waals surface area contributed by atoms with Gasteiger partial charge < -0.3 is 13.7 Å². The minimum Gasteiger partial charge on any atom is -0.312 e. The molecule has 281 valence electrons. The van der Waals surface area contributed by atoms with Crippen LogP contribution in [0.1, 0.15) is 27.7 Å².